The largest absolute Gasteiger partial charge is 0.391 e. The van der Waals surface area contributed by atoms with E-state index in [-0.39, 0.29) is 12.0 Å². The van der Waals surface area contributed by atoms with Crippen LogP contribution in [0.5, 0.6) is 0 Å². The molecule has 1 aliphatic carbocycles. The minimum Gasteiger partial charge on any atom is -0.391 e. The Labute approximate surface area is 171 Å². The zero-order valence-corrected chi connectivity index (χ0v) is 16.9. The van der Waals surface area contributed by atoms with E-state index in [1.165, 1.54) is 19.3 Å². The highest BCUT2D eigenvalue weighted by atomic mass is 35.5. The first kappa shape index (κ1) is 19.5. The molecule has 4 rings (SSSR count). The number of aromatic nitrogens is 1. The highest BCUT2D eigenvalue weighted by Gasteiger charge is 2.21. The fraction of sp³-hybridized carbons (Fsp3) is 0.545. The molecule has 1 saturated carbocycles. The first-order valence-electron chi connectivity index (χ1n) is 10.4. The lowest BCUT2D eigenvalue weighted by Crippen LogP contribution is -2.38. The normalized spacial score (nSPS) is 21.1. The number of hydrogen-bond donors (Lipinski definition) is 2. The molecule has 0 bridgehead atoms. The molecule has 2 N–H and O–H groups in total. The lowest BCUT2D eigenvalue weighted by molar-refractivity contribution is -0.117. The molecule has 0 spiro atoms. The predicted molar refractivity (Wildman–Crippen MR) is 114 cm³/mol. The van der Waals surface area contributed by atoms with Crippen LogP contribution in [0.25, 0.3) is 10.9 Å². The second kappa shape index (κ2) is 8.66. The summed E-state index contributed by atoms with van der Waals surface area (Å²) in [7, 11) is 0. The van der Waals surface area contributed by atoms with Gasteiger partial charge in [0.25, 0.3) is 0 Å². The Morgan fingerprint density at radius 3 is 2.75 bits per heavy atom. The molecule has 1 saturated heterocycles. The van der Waals surface area contributed by atoms with Gasteiger partial charge in [-0.2, -0.15) is 0 Å². The van der Waals surface area contributed by atoms with Crippen molar-refractivity contribution in [2.45, 2.75) is 57.5 Å². The van der Waals surface area contributed by atoms with Gasteiger partial charge in [-0.05, 0) is 55.9 Å². The molecule has 1 atom stereocenters. The number of anilines is 2. The Hall–Kier alpha value is -1.85. The standard InChI is InChI=1S/C22H28ClN3O2/c23-18-9-10-19-17(8-11-20(24-19)26-12-4-7-16(27)14-26)22(18)25-21(28)13-15-5-2-1-3-6-15/h8-11,15-16,27H,1-7,12-14H2,(H,25,28). The van der Waals surface area contributed by atoms with Crippen molar-refractivity contribution >= 4 is 39.9 Å². The zero-order chi connectivity index (χ0) is 19.5. The number of fused-ring (bicyclic) bond motifs is 1. The maximum Gasteiger partial charge on any atom is 0.224 e. The number of aliphatic hydroxyl groups is 1. The molecule has 5 nitrogen and oxygen atoms in total. The van der Waals surface area contributed by atoms with E-state index in [9.17, 15) is 9.90 Å². The van der Waals surface area contributed by atoms with Crippen LogP contribution in [0.2, 0.25) is 5.02 Å². The summed E-state index contributed by atoms with van der Waals surface area (Å²) in [6, 6.07) is 7.61. The van der Waals surface area contributed by atoms with Crippen LogP contribution in [-0.2, 0) is 4.79 Å². The van der Waals surface area contributed by atoms with Gasteiger partial charge in [-0.3, -0.25) is 4.79 Å². The van der Waals surface area contributed by atoms with Crippen molar-refractivity contribution in [2.24, 2.45) is 5.92 Å². The van der Waals surface area contributed by atoms with Gasteiger partial charge >= 0.3 is 0 Å². The summed E-state index contributed by atoms with van der Waals surface area (Å²) in [5.41, 5.74) is 1.45. The molecule has 2 heterocycles. The molecule has 1 amide bonds. The van der Waals surface area contributed by atoms with Crippen LogP contribution >= 0.6 is 11.6 Å². The second-order valence-electron chi connectivity index (χ2n) is 8.16. The van der Waals surface area contributed by atoms with Gasteiger partial charge in [0.1, 0.15) is 5.82 Å². The van der Waals surface area contributed by atoms with E-state index in [0.717, 1.165) is 48.9 Å². The summed E-state index contributed by atoms with van der Waals surface area (Å²) in [4.78, 5) is 19.5. The van der Waals surface area contributed by atoms with E-state index >= 15 is 0 Å². The smallest absolute Gasteiger partial charge is 0.224 e. The van der Waals surface area contributed by atoms with Crippen LogP contribution in [0.4, 0.5) is 11.5 Å². The molecule has 150 valence electrons. The molecule has 2 fully saturated rings. The minimum absolute atomic E-state index is 0.0320. The van der Waals surface area contributed by atoms with Gasteiger partial charge in [-0.25, -0.2) is 4.98 Å². The Morgan fingerprint density at radius 2 is 1.96 bits per heavy atom. The summed E-state index contributed by atoms with van der Waals surface area (Å²) >= 11 is 6.41. The zero-order valence-electron chi connectivity index (χ0n) is 16.2. The molecule has 2 aromatic rings. The number of halogens is 1. The molecule has 1 aliphatic heterocycles. The summed E-state index contributed by atoms with van der Waals surface area (Å²) in [6.07, 6.45) is 8.09. The van der Waals surface area contributed by atoms with Crippen molar-refractivity contribution in [3.05, 3.63) is 29.3 Å². The van der Waals surface area contributed by atoms with Gasteiger partial charge in [0, 0.05) is 24.9 Å². The van der Waals surface area contributed by atoms with E-state index in [0.29, 0.717) is 29.6 Å². The molecular weight excluding hydrogens is 374 g/mol. The number of β-amino-alcohol motifs (C(OH)–C–C–N with tert-alkyl or cyclic N) is 1. The lowest BCUT2D eigenvalue weighted by atomic mass is 9.87. The number of pyridine rings is 1. The van der Waals surface area contributed by atoms with Crippen LogP contribution in [0, 0.1) is 5.92 Å². The van der Waals surface area contributed by atoms with E-state index in [2.05, 4.69) is 10.2 Å². The third-order valence-electron chi connectivity index (χ3n) is 5.99. The summed E-state index contributed by atoms with van der Waals surface area (Å²) in [5, 5.41) is 14.4. The summed E-state index contributed by atoms with van der Waals surface area (Å²) < 4.78 is 0. The van der Waals surface area contributed by atoms with Crippen molar-refractivity contribution in [3.63, 3.8) is 0 Å². The monoisotopic (exact) mass is 401 g/mol. The number of carbonyl (C=O) groups excluding carboxylic acids is 1. The predicted octanol–water partition coefficient (Wildman–Crippen LogP) is 4.76. The van der Waals surface area contributed by atoms with Crippen molar-refractivity contribution in [3.8, 4) is 0 Å². The molecule has 28 heavy (non-hydrogen) atoms. The van der Waals surface area contributed by atoms with Crippen molar-refractivity contribution in [2.75, 3.05) is 23.3 Å². The number of amides is 1. The van der Waals surface area contributed by atoms with Crippen LogP contribution in [0.3, 0.4) is 0 Å². The number of rotatable bonds is 4. The highest BCUT2D eigenvalue weighted by Crippen LogP contribution is 2.33. The third-order valence-corrected chi connectivity index (χ3v) is 6.30. The van der Waals surface area contributed by atoms with E-state index in [1.54, 1.807) is 6.07 Å². The first-order chi connectivity index (χ1) is 13.6. The maximum atomic E-state index is 12.6. The Kier molecular flexibility index (Phi) is 6.02. The number of aliphatic hydroxyl groups excluding tert-OH is 1. The first-order valence-corrected chi connectivity index (χ1v) is 10.8. The fourth-order valence-electron chi connectivity index (χ4n) is 4.48. The van der Waals surface area contributed by atoms with Crippen molar-refractivity contribution < 1.29 is 9.90 Å². The van der Waals surface area contributed by atoms with Gasteiger partial charge in [0.2, 0.25) is 5.91 Å². The number of carbonyl (C=O) groups is 1. The van der Waals surface area contributed by atoms with Crippen LogP contribution in [-0.4, -0.2) is 35.2 Å². The summed E-state index contributed by atoms with van der Waals surface area (Å²) in [5.74, 6) is 1.37. The van der Waals surface area contributed by atoms with Crippen LogP contribution < -0.4 is 10.2 Å². The molecule has 1 unspecified atom stereocenters. The average Bonchev–Trinajstić information content (AvgIpc) is 2.70. The maximum absolute atomic E-state index is 12.6. The topological polar surface area (TPSA) is 65.5 Å². The highest BCUT2D eigenvalue weighted by molar-refractivity contribution is 6.35. The lowest BCUT2D eigenvalue weighted by Gasteiger charge is -2.31. The SMILES string of the molecule is O=C(CC1CCCCC1)Nc1c(Cl)ccc2nc(N3CCCC(O)C3)ccc12. The molecular formula is C22H28ClN3O2. The van der Waals surface area contributed by atoms with Crippen molar-refractivity contribution in [1.82, 2.24) is 4.98 Å². The molecule has 6 heteroatoms. The van der Waals surface area contributed by atoms with E-state index in [1.807, 2.05) is 18.2 Å². The van der Waals surface area contributed by atoms with E-state index < -0.39 is 0 Å². The molecule has 2 aliphatic rings. The van der Waals surface area contributed by atoms with Crippen molar-refractivity contribution in [1.29, 1.82) is 0 Å². The molecule has 1 aromatic heterocycles. The van der Waals surface area contributed by atoms with Gasteiger partial charge in [0.15, 0.2) is 0 Å². The van der Waals surface area contributed by atoms with Gasteiger partial charge in [0.05, 0.1) is 22.3 Å². The fourth-order valence-corrected chi connectivity index (χ4v) is 4.69. The van der Waals surface area contributed by atoms with Gasteiger partial charge < -0.3 is 15.3 Å². The van der Waals surface area contributed by atoms with Crippen LogP contribution in [0.15, 0.2) is 24.3 Å². The molecule has 1 aromatic carbocycles. The number of piperidine rings is 1. The quantitative estimate of drug-likeness (QED) is 0.775. The molecule has 0 radical (unpaired) electrons. The summed E-state index contributed by atoms with van der Waals surface area (Å²) in [6.45, 7) is 1.51. The number of nitrogens with zero attached hydrogens (tertiary/aromatic N) is 2. The third kappa shape index (κ3) is 4.41. The van der Waals surface area contributed by atoms with E-state index in [4.69, 9.17) is 16.6 Å². The Balaban J connectivity index is 1.54. The average molecular weight is 402 g/mol. The Morgan fingerprint density at radius 1 is 1.14 bits per heavy atom. The van der Waals surface area contributed by atoms with Gasteiger partial charge in [-0.15, -0.1) is 0 Å². The number of hydrogen-bond acceptors (Lipinski definition) is 4. The van der Waals surface area contributed by atoms with Gasteiger partial charge in [-0.1, -0.05) is 30.9 Å². The minimum atomic E-state index is -0.300. The van der Waals surface area contributed by atoms with Crippen LogP contribution in [0.1, 0.15) is 51.4 Å². The number of benzene rings is 1. The second-order valence-corrected chi connectivity index (χ2v) is 8.56. The number of nitrogens with one attached hydrogen (secondary N) is 1. The Bertz CT molecular complexity index is 851.